The minimum absolute atomic E-state index is 0. The number of likely N-dealkylation sites (N-methyl/N-ethyl adjacent to an activating group) is 1. The van der Waals surface area contributed by atoms with E-state index in [2.05, 4.69) is 15.1 Å². The Bertz CT molecular complexity index is 480. The number of rotatable bonds is 7. The van der Waals surface area contributed by atoms with Crippen LogP contribution in [0.1, 0.15) is 6.92 Å². The van der Waals surface area contributed by atoms with Crippen LogP contribution in [0.4, 0.5) is 8.78 Å². The smallest absolute Gasteiger partial charge is 0.257 e. The van der Waals surface area contributed by atoms with Crippen LogP contribution in [0.5, 0.6) is 0 Å². The molecule has 1 aromatic rings. The highest BCUT2D eigenvalue weighted by molar-refractivity contribution is 7.89. The van der Waals surface area contributed by atoms with Gasteiger partial charge in [-0.05, 0) is 14.0 Å². The summed E-state index contributed by atoms with van der Waals surface area (Å²) < 4.78 is 51.0. The van der Waals surface area contributed by atoms with Crippen LogP contribution in [0.3, 0.4) is 0 Å². The molecule has 1 rings (SSSR count). The average Bonchev–Trinajstić information content (AvgIpc) is 2.74. The standard InChI is InChI=1S/C9H16F2N4O2S.ClH/c1-7(12-2)3-14-18(16,17)8-4-13-15(5-8)6-9(10)11;/h4-5,7,9,12,14H,3,6H2,1-2H3;1H. The van der Waals surface area contributed by atoms with Gasteiger partial charge in [-0.2, -0.15) is 5.10 Å². The predicted molar refractivity (Wildman–Crippen MR) is 69.2 cm³/mol. The molecule has 0 aliphatic rings. The number of nitrogens with one attached hydrogen (secondary N) is 2. The molecule has 19 heavy (non-hydrogen) atoms. The molecule has 6 nitrogen and oxygen atoms in total. The number of hydrogen-bond donors (Lipinski definition) is 2. The summed E-state index contributed by atoms with van der Waals surface area (Å²) in [6.07, 6.45) is -0.439. The van der Waals surface area contributed by atoms with E-state index >= 15 is 0 Å². The number of nitrogens with zero attached hydrogens (tertiary/aromatic N) is 2. The number of halogens is 3. The highest BCUT2D eigenvalue weighted by Gasteiger charge is 2.17. The van der Waals surface area contributed by atoms with Crippen molar-refractivity contribution < 1.29 is 17.2 Å². The van der Waals surface area contributed by atoms with E-state index in [4.69, 9.17) is 0 Å². The van der Waals surface area contributed by atoms with Gasteiger partial charge in [0.25, 0.3) is 6.43 Å². The molecule has 0 aliphatic heterocycles. The molecule has 2 N–H and O–H groups in total. The fraction of sp³-hybridized carbons (Fsp3) is 0.667. The van der Waals surface area contributed by atoms with Crippen LogP contribution in [-0.4, -0.2) is 44.3 Å². The largest absolute Gasteiger partial charge is 0.316 e. The fourth-order valence-electron chi connectivity index (χ4n) is 1.14. The first kappa shape index (κ1) is 18.2. The Morgan fingerprint density at radius 2 is 2.11 bits per heavy atom. The van der Waals surface area contributed by atoms with Gasteiger partial charge in [-0.15, -0.1) is 12.4 Å². The van der Waals surface area contributed by atoms with E-state index in [1.54, 1.807) is 7.05 Å². The van der Waals surface area contributed by atoms with Crippen LogP contribution in [0.2, 0.25) is 0 Å². The molecule has 0 spiro atoms. The van der Waals surface area contributed by atoms with Crippen LogP contribution < -0.4 is 10.0 Å². The monoisotopic (exact) mass is 318 g/mol. The third-order valence-electron chi connectivity index (χ3n) is 2.32. The van der Waals surface area contributed by atoms with E-state index in [0.717, 1.165) is 17.1 Å². The molecule has 112 valence electrons. The normalized spacial score (nSPS) is 13.3. The molecule has 0 saturated carbocycles. The van der Waals surface area contributed by atoms with Gasteiger partial charge in [-0.25, -0.2) is 21.9 Å². The molecule has 0 amide bonds. The zero-order chi connectivity index (χ0) is 13.8. The number of alkyl halides is 2. The van der Waals surface area contributed by atoms with Gasteiger partial charge in [-0.3, -0.25) is 4.68 Å². The highest BCUT2D eigenvalue weighted by atomic mass is 35.5. The van der Waals surface area contributed by atoms with Crippen LogP contribution in [-0.2, 0) is 16.6 Å². The Morgan fingerprint density at radius 1 is 1.47 bits per heavy atom. The second kappa shape index (κ2) is 7.73. The first-order chi connectivity index (χ1) is 8.35. The Labute approximate surface area is 117 Å². The Hall–Kier alpha value is -0.770. The molecule has 0 bridgehead atoms. The molecular weight excluding hydrogens is 302 g/mol. The summed E-state index contributed by atoms with van der Waals surface area (Å²) in [5.74, 6) is 0. The van der Waals surface area contributed by atoms with Gasteiger partial charge < -0.3 is 5.32 Å². The quantitative estimate of drug-likeness (QED) is 0.765. The topological polar surface area (TPSA) is 76.0 Å². The van der Waals surface area contributed by atoms with Gasteiger partial charge in [-0.1, -0.05) is 0 Å². The van der Waals surface area contributed by atoms with Crippen molar-refractivity contribution in [2.24, 2.45) is 0 Å². The molecule has 0 aliphatic carbocycles. The average molecular weight is 319 g/mol. The summed E-state index contributed by atoms with van der Waals surface area (Å²) in [7, 11) is -1.99. The number of sulfonamides is 1. The fourth-order valence-corrected chi connectivity index (χ4v) is 2.23. The second-order valence-corrected chi connectivity index (χ2v) is 5.60. The number of aromatic nitrogens is 2. The summed E-state index contributed by atoms with van der Waals surface area (Å²) in [6, 6.07) is -0.0316. The lowest BCUT2D eigenvalue weighted by molar-refractivity contribution is 0.121. The lowest BCUT2D eigenvalue weighted by Gasteiger charge is -2.10. The maximum Gasteiger partial charge on any atom is 0.257 e. The molecule has 0 radical (unpaired) electrons. The van der Waals surface area contributed by atoms with Crippen molar-refractivity contribution in [1.29, 1.82) is 0 Å². The van der Waals surface area contributed by atoms with Crippen LogP contribution in [0.25, 0.3) is 0 Å². The third kappa shape index (κ3) is 5.81. The molecule has 1 unspecified atom stereocenters. The maximum absolute atomic E-state index is 12.1. The van der Waals surface area contributed by atoms with E-state index in [0.29, 0.717) is 0 Å². The van der Waals surface area contributed by atoms with Gasteiger partial charge in [0.2, 0.25) is 10.0 Å². The molecule has 0 fully saturated rings. The van der Waals surface area contributed by atoms with Crippen LogP contribution in [0, 0.1) is 0 Å². The van der Waals surface area contributed by atoms with Crippen molar-refractivity contribution in [1.82, 2.24) is 19.8 Å². The van der Waals surface area contributed by atoms with Gasteiger partial charge >= 0.3 is 0 Å². The van der Waals surface area contributed by atoms with Crippen molar-refractivity contribution in [3.8, 4) is 0 Å². The molecule has 1 aromatic heterocycles. The lowest BCUT2D eigenvalue weighted by Crippen LogP contribution is -2.37. The Morgan fingerprint density at radius 3 is 2.63 bits per heavy atom. The Kier molecular flexibility index (Phi) is 7.42. The van der Waals surface area contributed by atoms with Gasteiger partial charge in [0.05, 0.1) is 6.20 Å². The first-order valence-corrected chi connectivity index (χ1v) is 6.81. The lowest BCUT2D eigenvalue weighted by atomic mass is 10.4. The summed E-state index contributed by atoms with van der Waals surface area (Å²) in [6.45, 7) is 1.39. The summed E-state index contributed by atoms with van der Waals surface area (Å²) in [4.78, 5) is -0.119. The number of hydrogen-bond acceptors (Lipinski definition) is 4. The highest BCUT2D eigenvalue weighted by Crippen LogP contribution is 2.08. The van der Waals surface area contributed by atoms with Crippen molar-refractivity contribution in [2.45, 2.75) is 30.8 Å². The van der Waals surface area contributed by atoms with Crippen LogP contribution >= 0.6 is 12.4 Å². The molecule has 10 heteroatoms. The zero-order valence-corrected chi connectivity index (χ0v) is 12.1. The molecule has 0 saturated heterocycles. The van der Waals surface area contributed by atoms with Crippen molar-refractivity contribution in [2.75, 3.05) is 13.6 Å². The van der Waals surface area contributed by atoms with Gasteiger partial charge in [0, 0.05) is 18.8 Å². The molecule has 1 heterocycles. The minimum atomic E-state index is -3.70. The summed E-state index contributed by atoms with van der Waals surface area (Å²) in [5, 5.41) is 6.45. The van der Waals surface area contributed by atoms with Gasteiger partial charge in [0.15, 0.2) is 0 Å². The van der Waals surface area contributed by atoms with Gasteiger partial charge in [0.1, 0.15) is 11.4 Å². The molecule has 0 aromatic carbocycles. The SMILES string of the molecule is CNC(C)CNS(=O)(=O)c1cnn(CC(F)F)c1.Cl. The Balaban J connectivity index is 0.00000324. The van der Waals surface area contributed by atoms with Crippen molar-refractivity contribution in [3.63, 3.8) is 0 Å². The second-order valence-electron chi connectivity index (χ2n) is 3.83. The minimum Gasteiger partial charge on any atom is -0.316 e. The summed E-state index contributed by atoms with van der Waals surface area (Å²) in [5.41, 5.74) is 0. The predicted octanol–water partition coefficient (Wildman–Crippen LogP) is 0.456. The molecular formula is C9H17ClF2N4O2S. The summed E-state index contributed by atoms with van der Waals surface area (Å²) >= 11 is 0. The van der Waals surface area contributed by atoms with Crippen LogP contribution in [0.15, 0.2) is 17.3 Å². The van der Waals surface area contributed by atoms with E-state index in [-0.39, 0.29) is 29.9 Å². The molecule has 1 atom stereocenters. The van der Waals surface area contributed by atoms with Crippen molar-refractivity contribution in [3.05, 3.63) is 12.4 Å². The van der Waals surface area contributed by atoms with E-state index in [1.807, 2.05) is 6.92 Å². The first-order valence-electron chi connectivity index (χ1n) is 5.32. The third-order valence-corrected chi connectivity index (χ3v) is 3.70. The van der Waals surface area contributed by atoms with E-state index in [1.165, 1.54) is 0 Å². The maximum atomic E-state index is 12.1. The van der Waals surface area contributed by atoms with E-state index < -0.39 is 23.0 Å². The van der Waals surface area contributed by atoms with E-state index in [9.17, 15) is 17.2 Å². The van der Waals surface area contributed by atoms with Crippen molar-refractivity contribution >= 4 is 22.4 Å². The zero-order valence-electron chi connectivity index (χ0n) is 10.5.